The number of benzene rings is 3. The molecule has 0 unspecified atom stereocenters. The summed E-state index contributed by atoms with van der Waals surface area (Å²) in [7, 11) is -1.69. The number of hydrogen-bond donors (Lipinski definition) is 4. The summed E-state index contributed by atoms with van der Waals surface area (Å²) in [5.74, 6) is -1.50. The van der Waals surface area contributed by atoms with Crippen LogP contribution >= 0.6 is 0 Å². The van der Waals surface area contributed by atoms with Crippen molar-refractivity contribution in [1.82, 2.24) is 10.6 Å². The van der Waals surface area contributed by atoms with E-state index in [2.05, 4.69) is 10.6 Å². The van der Waals surface area contributed by atoms with E-state index in [1.165, 1.54) is 0 Å². The molecule has 0 heterocycles. The van der Waals surface area contributed by atoms with E-state index in [1.807, 2.05) is 62.4 Å². The Kier molecular flexibility index (Phi) is 8.03. The highest BCUT2D eigenvalue weighted by molar-refractivity contribution is 6.43. The zero-order chi connectivity index (χ0) is 23.1. The van der Waals surface area contributed by atoms with Gasteiger partial charge in [0, 0.05) is 12.0 Å². The summed E-state index contributed by atoms with van der Waals surface area (Å²) in [6.45, 7) is 3.87. The first-order valence-electron chi connectivity index (χ1n) is 10.8. The molecule has 6 nitrogen and oxygen atoms in total. The van der Waals surface area contributed by atoms with Crippen LogP contribution in [-0.2, 0) is 11.2 Å². The Morgan fingerprint density at radius 3 is 2.22 bits per heavy atom. The highest BCUT2D eigenvalue weighted by atomic mass is 16.4. The van der Waals surface area contributed by atoms with E-state index in [0.717, 1.165) is 16.3 Å². The molecule has 0 bridgehead atoms. The van der Waals surface area contributed by atoms with Gasteiger partial charge >= 0.3 is 7.12 Å². The fraction of sp³-hybridized carbons (Fsp3) is 0.280. The molecule has 166 valence electrons. The van der Waals surface area contributed by atoms with E-state index in [-0.39, 0.29) is 18.2 Å². The number of nitrogens with one attached hydrogen (secondary N) is 2. The Balaban J connectivity index is 1.88. The normalized spacial score (nSPS) is 12.9. The summed E-state index contributed by atoms with van der Waals surface area (Å²) >= 11 is 0. The topological polar surface area (TPSA) is 98.7 Å². The van der Waals surface area contributed by atoms with Crippen LogP contribution in [0.4, 0.5) is 0 Å². The number of rotatable bonds is 9. The van der Waals surface area contributed by atoms with E-state index in [1.54, 1.807) is 24.3 Å². The summed E-state index contributed by atoms with van der Waals surface area (Å²) < 4.78 is 0. The van der Waals surface area contributed by atoms with Crippen LogP contribution in [0.5, 0.6) is 0 Å². The van der Waals surface area contributed by atoms with Gasteiger partial charge in [0.25, 0.3) is 5.91 Å². The Morgan fingerprint density at radius 1 is 0.875 bits per heavy atom. The first-order valence-corrected chi connectivity index (χ1v) is 10.8. The number of carbonyl (C=O) groups excluding carboxylic acids is 2. The first-order chi connectivity index (χ1) is 15.3. The van der Waals surface area contributed by atoms with Crippen LogP contribution < -0.4 is 10.6 Å². The Bertz CT molecular complexity index is 1050. The highest BCUT2D eigenvalue weighted by Crippen LogP contribution is 2.20. The Morgan fingerprint density at radius 2 is 1.53 bits per heavy atom. The predicted octanol–water partition coefficient (Wildman–Crippen LogP) is 2.72. The second-order valence-corrected chi connectivity index (χ2v) is 8.39. The van der Waals surface area contributed by atoms with Gasteiger partial charge in [-0.15, -0.1) is 0 Å². The molecule has 2 amide bonds. The zero-order valence-electron chi connectivity index (χ0n) is 18.4. The quantitative estimate of drug-likeness (QED) is 0.391. The van der Waals surface area contributed by atoms with Crippen LogP contribution in [0.25, 0.3) is 10.8 Å². The van der Waals surface area contributed by atoms with Crippen LogP contribution in [0.3, 0.4) is 0 Å². The van der Waals surface area contributed by atoms with E-state index in [0.29, 0.717) is 12.0 Å². The predicted molar refractivity (Wildman–Crippen MR) is 127 cm³/mol. The fourth-order valence-corrected chi connectivity index (χ4v) is 3.78. The van der Waals surface area contributed by atoms with Crippen molar-refractivity contribution in [2.24, 2.45) is 5.92 Å². The molecule has 4 N–H and O–H groups in total. The standard InChI is InChI=1S/C25H29BN2O4/c1-17(2)15-23(26(31)32)28-25(30)22(27-24(29)19-10-4-3-5-11-19)16-20-13-8-12-18-9-6-7-14-21(18)20/h3-14,17,22-23,31-32H,15-16H2,1-2H3,(H,27,29)(H,28,30)/t22-,23-/m0/s1. The van der Waals surface area contributed by atoms with Gasteiger partial charge in [-0.3, -0.25) is 9.59 Å². The second-order valence-electron chi connectivity index (χ2n) is 8.39. The van der Waals surface area contributed by atoms with Gasteiger partial charge in [-0.25, -0.2) is 0 Å². The molecule has 0 saturated heterocycles. The van der Waals surface area contributed by atoms with Gasteiger partial charge in [0.2, 0.25) is 5.91 Å². The van der Waals surface area contributed by atoms with E-state index in [9.17, 15) is 19.6 Å². The number of carbonyl (C=O) groups is 2. The second kappa shape index (κ2) is 10.9. The van der Waals surface area contributed by atoms with Crippen LogP contribution in [-0.4, -0.2) is 41.0 Å². The van der Waals surface area contributed by atoms with Crippen LogP contribution in [0.2, 0.25) is 0 Å². The van der Waals surface area contributed by atoms with Crippen molar-refractivity contribution in [1.29, 1.82) is 0 Å². The highest BCUT2D eigenvalue weighted by Gasteiger charge is 2.30. The van der Waals surface area contributed by atoms with Crippen molar-refractivity contribution < 1.29 is 19.6 Å². The lowest BCUT2D eigenvalue weighted by atomic mass is 9.75. The lowest BCUT2D eigenvalue weighted by Gasteiger charge is -2.24. The molecule has 0 saturated carbocycles. The summed E-state index contributed by atoms with van der Waals surface area (Å²) in [6.07, 6.45) is 0.665. The molecule has 0 spiro atoms. The lowest BCUT2D eigenvalue weighted by Crippen LogP contribution is -2.55. The van der Waals surface area contributed by atoms with Crippen molar-refractivity contribution in [2.45, 2.75) is 38.7 Å². The molecule has 0 aliphatic rings. The van der Waals surface area contributed by atoms with Crippen LogP contribution in [0, 0.1) is 5.92 Å². The van der Waals surface area contributed by atoms with Crippen molar-refractivity contribution in [3.05, 3.63) is 83.9 Å². The lowest BCUT2D eigenvalue weighted by molar-refractivity contribution is -0.123. The van der Waals surface area contributed by atoms with Gasteiger partial charge in [-0.1, -0.05) is 74.5 Å². The number of hydrogen-bond acceptors (Lipinski definition) is 4. The minimum Gasteiger partial charge on any atom is -0.426 e. The fourth-order valence-electron chi connectivity index (χ4n) is 3.78. The van der Waals surface area contributed by atoms with E-state index >= 15 is 0 Å². The molecule has 0 aliphatic carbocycles. The number of amides is 2. The maximum Gasteiger partial charge on any atom is 0.475 e. The van der Waals surface area contributed by atoms with Crippen molar-refractivity contribution in [3.63, 3.8) is 0 Å². The zero-order valence-corrected chi connectivity index (χ0v) is 18.4. The van der Waals surface area contributed by atoms with Gasteiger partial charge < -0.3 is 20.7 Å². The van der Waals surface area contributed by atoms with E-state index in [4.69, 9.17) is 0 Å². The molecule has 0 aromatic heterocycles. The Hall–Kier alpha value is -3.16. The van der Waals surface area contributed by atoms with Crippen LogP contribution in [0.15, 0.2) is 72.8 Å². The summed E-state index contributed by atoms with van der Waals surface area (Å²) in [4.78, 5) is 26.0. The third-order valence-electron chi connectivity index (χ3n) is 5.37. The molecule has 32 heavy (non-hydrogen) atoms. The Labute approximate surface area is 188 Å². The molecular weight excluding hydrogens is 403 g/mol. The summed E-state index contributed by atoms with van der Waals surface area (Å²) in [6, 6.07) is 21.5. The van der Waals surface area contributed by atoms with Gasteiger partial charge in [0.05, 0.1) is 5.94 Å². The molecule has 0 radical (unpaired) electrons. The molecule has 3 aromatic rings. The van der Waals surface area contributed by atoms with Crippen molar-refractivity contribution in [2.75, 3.05) is 0 Å². The minimum atomic E-state index is -1.69. The minimum absolute atomic E-state index is 0.150. The van der Waals surface area contributed by atoms with Crippen molar-refractivity contribution >= 4 is 29.7 Å². The summed E-state index contributed by atoms with van der Waals surface area (Å²) in [5, 5.41) is 27.1. The number of fused-ring (bicyclic) bond motifs is 1. The maximum atomic E-state index is 13.2. The monoisotopic (exact) mass is 432 g/mol. The third-order valence-corrected chi connectivity index (χ3v) is 5.37. The smallest absolute Gasteiger partial charge is 0.426 e. The third kappa shape index (κ3) is 6.18. The molecule has 3 aromatic carbocycles. The average molecular weight is 432 g/mol. The first kappa shape index (κ1) is 23.5. The van der Waals surface area contributed by atoms with Gasteiger partial charge in [0.1, 0.15) is 6.04 Å². The molecule has 3 rings (SSSR count). The van der Waals surface area contributed by atoms with Gasteiger partial charge in [-0.2, -0.15) is 0 Å². The molecule has 0 fully saturated rings. The van der Waals surface area contributed by atoms with Gasteiger partial charge in [0.15, 0.2) is 0 Å². The largest absolute Gasteiger partial charge is 0.475 e. The SMILES string of the molecule is CC(C)C[C@H](NC(=O)[C@H](Cc1cccc2ccccc12)NC(=O)c1ccccc1)B(O)O. The molecule has 7 heteroatoms. The molecule has 2 atom stereocenters. The van der Waals surface area contributed by atoms with Crippen LogP contribution in [0.1, 0.15) is 36.2 Å². The van der Waals surface area contributed by atoms with Gasteiger partial charge in [-0.05, 0) is 40.8 Å². The average Bonchev–Trinajstić information content (AvgIpc) is 2.78. The summed E-state index contributed by atoms with van der Waals surface area (Å²) in [5.41, 5.74) is 1.37. The van der Waals surface area contributed by atoms with E-state index < -0.39 is 25.0 Å². The maximum absolute atomic E-state index is 13.2. The molecular formula is C25H29BN2O4. The molecule has 0 aliphatic heterocycles. The van der Waals surface area contributed by atoms with Crippen molar-refractivity contribution in [3.8, 4) is 0 Å².